The fourth-order valence-corrected chi connectivity index (χ4v) is 5.69. The van der Waals surface area contributed by atoms with Crippen LogP contribution in [0.5, 0.6) is 0 Å². The maximum absolute atomic E-state index is 13.7. The SMILES string of the molecule is O=C(NCc1ccccc1F)c1cc(-c2cccs2)n([C@H]2CCS(=O)(=O)C2)n1. The zero-order chi connectivity index (χ0) is 19.7. The van der Waals surface area contributed by atoms with Gasteiger partial charge in [-0.1, -0.05) is 24.3 Å². The summed E-state index contributed by atoms with van der Waals surface area (Å²) in [6, 6.07) is 11.4. The second kappa shape index (κ2) is 7.48. The third-order valence-corrected chi connectivity index (χ3v) is 7.34. The lowest BCUT2D eigenvalue weighted by molar-refractivity contribution is 0.0944. The van der Waals surface area contributed by atoms with Crippen LogP contribution in [0.15, 0.2) is 47.8 Å². The Morgan fingerprint density at radius 1 is 1.29 bits per heavy atom. The number of hydrogen-bond acceptors (Lipinski definition) is 5. The highest BCUT2D eigenvalue weighted by molar-refractivity contribution is 7.91. The summed E-state index contributed by atoms with van der Waals surface area (Å²) in [6.07, 6.45) is 0.471. The van der Waals surface area contributed by atoms with Gasteiger partial charge in [0.2, 0.25) is 0 Å². The molecule has 0 spiro atoms. The number of nitrogens with one attached hydrogen (secondary N) is 1. The lowest BCUT2D eigenvalue weighted by Gasteiger charge is -2.12. The molecule has 0 radical (unpaired) electrons. The summed E-state index contributed by atoms with van der Waals surface area (Å²) in [7, 11) is -3.09. The highest BCUT2D eigenvalue weighted by Gasteiger charge is 2.32. The lowest BCUT2D eigenvalue weighted by atomic mass is 10.2. The number of aromatic nitrogens is 2. The largest absolute Gasteiger partial charge is 0.346 e. The molecule has 1 aliphatic heterocycles. The molecule has 3 aromatic rings. The van der Waals surface area contributed by atoms with Gasteiger partial charge in [0.15, 0.2) is 15.5 Å². The Hall–Kier alpha value is -2.52. The van der Waals surface area contributed by atoms with Gasteiger partial charge in [-0.05, 0) is 30.0 Å². The van der Waals surface area contributed by atoms with Gasteiger partial charge < -0.3 is 5.32 Å². The first-order valence-electron chi connectivity index (χ1n) is 8.78. The molecule has 3 heterocycles. The first-order valence-corrected chi connectivity index (χ1v) is 11.5. The van der Waals surface area contributed by atoms with Crippen molar-refractivity contribution in [1.29, 1.82) is 0 Å². The molecule has 1 amide bonds. The molecule has 0 saturated carbocycles. The van der Waals surface area contributed by atoms with Crippen molar-refractivity contribution in [1.82, 2.24) is 15.1 Å². The zero-order valence-electron chi connectivity index (χ0n) is 14.8. The van der Waals surface area contributed by atoms with Crippen LogP contribution in [-0.2, 0) is 16.4 Å². The van der Waals surface area contributed by atoms with E-state index in [1.54, 1.807) is 28.9 Å². The standard InChI is InChI=1S/C19H18FN3O3S2/c20-15-5-2-1-4-13(15)11-21-19(24)16-10-17(18-6-3-8-27-18)23(22-16)14-7-9-28(25,26)12-14/h1-6,8,10,14H,7,9,11-12H2,(H,21,24)/t14-/m0/s1. The fourth-order valence-electron chi connectivity index (χ4n) is 3.27. The predicted molar refractivity (Wildman–Crippen MR) is 105 cm³/mol. The van der Waals surface area contributed by atoms with Crippen molar-refractivity contribution in [2.45, 2.75) is 19.0 Å². The molecule has 1 saturated heterocycles. The summed E-state index contributed by atoms with van der Waals surface area (Å²) in [5, 5.41) is 8.99. The normalized spacial score (nSPS) is 18.2. The smallest absolute Gasteiger partial charge is 0.272 e. The Morgan fingerprint density at radius 2 is 2.11 bits per heavy atom. The number of carbonyl (C=O) groups is 1. The van der Waals surface area contributed by atoms with Crippen molar-refractivity contribution >= 4 is 27.1 Å². The number of thiophene rings is 1. The van der Waals surface area contributed by atoms with Crippen molar-refractivity contribution in [3.8, 4) is 10.6 Å². The van der Waals surface area contributed by atoms with E-state index in [9.17, 15) is 17.6 Å². The van der Waals surface area contributed by atoms with E-state index < -0.39 is 15.7 Å². The van der Waals surface area contributed by atoms with Gasteiger partial charge in [-0.25, -0.2) is 12.8 Å². The molecule has 0 bridgehead atoms. The number of sulfone groups is 1. The Morgan fingerprint density at radius 3 is 2.79 bits per heavy atom. The lowest BCUT2D eigenvalue weighted by Crippen LogP contribution is -2.24. The molecule has 0 unspecified atom stereocenters. The van der Waals surface area contributed by atoms with Crippen molar-refractivity contribution in [2.75, 3.05) is 11.5 Å². The second-order valence-corrected chi connectivity index (χ2v) is 9.84. The van der Waals surface area contributed by atoms with Gasteiger partial charge in [-0.2, -0.15) is 5.10 Å². The molecule has 2 aromatic heterocycles. The minimum Gasteiger partial charge on any atom is -0.346 e. The Balaban J connectivity index is 1.60. The van der Waals surface area contributed by atoms with Crippen LogP contribution in [0.1, 0.15) is 28.5 Å². The monoisotopic (exact) mass is 419 g/mol. The Labute approximate surface area is 165 Å². The summed E-state index contributed by atoms with van der Waals surface area (Å²) >= 11 is 1.49. The number of amides is 1. The Bertz CT molecular complexity index is 1110. The van der Waals surface area contributed by atoms with Crippen molar-refractivity contribution in [3.63, 3.8) is 0 Å². The number of halogens is 1. The van der Waals surface area contributed by atoms with Crippen molar-refractivity contribution in [2.24, 2.45) is 0 Å². The second-order valence-electron chi connectivity index (χ2n) is 6.67. The average Bonchev–Trinajstić information content (AvgIpc) is 3.39. The molecular formula is C19H18FN3O3S2. The van der Waals surface area contributed by atoms with E-state index in [4.69, 9.17) is 0 Å². The van der Waals surface area contributed by atoms with Crippen LogP contribution in [0.2, 0.25) is 0 Å². The molecule has 1 aromatic carbocycles. The number of nitrogens with zero attached hydrogens (tertiary/aromatic N) is 2. The molecule has 1 aliphatic rings. The third kappa shape index (κ3) is 3.85. The van der Waals surface area contributed by atoms with E-state index in [0.29, 0.717) is 17.7 Å². The quantitative estimate of drug-likeness (QED) is 0.689. The average molecular weight is 420 g/mol. The molecule has 1 N–H and O–H groups in total. The third-order valence-electron chi connectivity index (χ3n) is 4.69. The van der Waals surface area contributed by atoms with Crippen LogP contribution >= 0.6 is 11.3 Å². The number of carbonyl (C=O) groups excluding carboxylic acids is 1. The summed E-state index contributed by atoms with van der Waals surface area (Å²) in [4.78, 5) is 13.5. The van der Waals surface area contributed by atoms with Gasteiger partial charge in [0.1, 0.15) is 5.82 Å². The minimum atomic E-state index is -3.09. The highest BCUT2D eigenvalue weighted by Crippen LogP contribution is 2.32. The van der Waals surface area contributed by atoms with Crippen LogP contribution in [0.4, 0.5) is 4.39 Å². The number of hydrogen-bond donors (Lipinski definition) is 1. The summed E-state index contributed by atoms with van der Waals surface area (Å²) in [5.74, 6) is -0.677. The van der Waals surface area contributed by atoms with Crippen LogP contribution in [-0.4, -0.2) is 35.6 Å². The molecule has 1 atom stereocenters. The van der Waals surface area contributed by atoms with Crippen LogP contribution in [0.25, 0.3) is 10.6 Å². The Kier molecular flexibility index (Phi) is 5.03. The maximum Gasteiger partial charge on any atom is 0.272 e. The molecule has 146 valence electrons. The van der Waals surface area contributed by atoms with Gasteiger partial charge in [0.25, 0.3) is 5.91 Å². The van der Waals surface area contributed by atoms with Gasteiger partial charge >= 0.3 is 0 Å². The molecule has 1 fully saturated rings. The van der Waals surface area contributed by atoms with Gasteiger partial charge in [0.05, 0.1) is 28.1 Å². The predicted octanol–water partition coefficient (Wildman–Crippen LogP) is 3.04. The molecule has 4 rings (SSSR count). The number of rotatable bonds is 5. The first kappa shape index (κ1) is 18.8. The maximum atomic E-state index is 13.7. The van der Waals surface area contributed by atoms with E-state index in [1.807, 2.05) is 17.5 Å². The molecule has 28 heavy (non-hydrogen) atoms. The van der Waals surface area contributed by atoms with Crippen LogP contribution in [0, 0.1) is 5.82 Å². The van der Waals surface area contributed by atoms with Crippen molar-refractivity contribution < 1.29 is 17.6 Å². The summed E-state index contributed by atoms with van der Waals surface area (Å²) in [6.45, 7) is 0.0461. The van der Waals surface area contributed by atoms with Gasteiger partial charge in [0, 0.05) is 12.1 Å². The van der Waals surface area contributed by atoms with Crippen LogP contribution in [0.3, 0.4) is 0 Å². The van der Waals surface area contributed by atoms with E-state index in [-0.39, 0.29) is 35.6 Å². The molecular weight excluding hydrogens is 401 g/mol. The van der Waals surface area contributed by atoms with Gasteiger partial charge in [-0.15, -0.1) is 11.3 Å². The first-order chi connectivity index (χ1) is 13.4. The van der Waals surface area contributed by atoms with Crippen LogP contribution < -0.4 is 5.32 Å². The van der Waals surface area contributed by atoms with E-state index >= 15 is 0 Å². The van der Waals surface area contributed by atoms with E-state index in [1.165, 1.54) is 17.4 Å². The number of benzene rings is 1. The minimum absolute atomic E-state index is 0.0172. The highest BCUT2D eigenvalue weighted by atomic mass is 32.2. The fraction of sp³-hybridized carbons (Fsp3) is 0.263. The molecule has 6 nitrogen and oxygen atoms in total. The molecule has 9 heteroatoms. The molecule has 0 aliphatic carbocycles. The van der Waals surface area contributed by atoms with E-state index in [0.717, 1.165) is 4.88 Å². The van der Waals surface area contributed by atoms with Crippen molar-refractivity contribution in [3.05, 3.63) is 64.9 Å². The summed E-state index contributed by atoms with van der Waals surface area (Å²) < 4.78 is 39.2. The van der Waals surface area contributed by atoms with Gasteiger partial charge in [-0.3, -0.25) is 9.48 Å². The summed E-state index contributed by atoms with van der Waals surface area (Å²) in [5.41, 5.74) is 1.29. The van der Waals surface area contributed by atoms with E-state index in [2.05, 4.69) is 10.4 Å². The topological polar surface area (TPSA) is 81.1 Å². The zero-order valence-corrected chi connectivity index (χ0v) is 16.5.